The van der Waals surface area contributed by atoms with Crippen LogP contribution in [0.25, 0.3) is 16.6 Å². The zero-order valence-corrected chi connectivity index (χ0v) is 22.1. The molecule has 38 heavy (non-hydrogen) atoms. The molecule has 2 aromatic heterocycles. The molecule has 0 saturated carbocycles. The summed E-state index contributed by atoms with van der Waals surface area (Å²) in [5.74, 6) is -0.293. The van der Waals surface area contributed by atoms with Gasteiger partial charge in [0, 0.05) is 37.1 Å². The van der Waals surface area contributed by atoms with Crippen molar-refractivity contribution in [1.29, 1.82) is 0 Å². The summed E-state index contributed by atoms with van der Waals surface area (Å²) >= 11 is 0. The maximum atomic E-state index is 13.5. The van der Waals surface area contributed by atoms with E-state index < -0.39 is 15.4 Å². The van der Waals surface area contributed by atoms with Gasteiger partial charge in [-0.25, -0.2) is 17.5 Å². The number of aryl methyl sites for hydroxylation is 2. The fourth-order valence-electron chi connectivity index (χ4n) is 5.70. The summed E-state index contributed by atoms with van der Waals surface area (Å²) in [6.45, 7) is 2.87. The molecule has 0 aliphatic carbocycles. The maximum Gasteiger partial charge on any atom is 0.246 e. The van der Waals surface area contributed by atoms with E-state index in [0.29, 0.717) is 25.9 Å². The fraction of sp³-hybridized carbons (Fsp3) is 0.241. The highest BCUT2D eigenvalue weighted by Gasteiger charge is 2.45. The molecule has 0 amide bonds. The van der Waals surface area contributed by atoms with Crippen molar-refractivity contribution in [2.45, 2.75) is 30.1 Å². The lowest BCUT2D eigenvalue weighted by molar-refractivity contribution is 0.413. The quantitative estimate of drug-likeness (QED) is 0.317. The summed E-state index contributed by atoms with van der Waals surface area (Å²) in [5, 5.41) is 9.62. The van der Waals surface area contributed by atoms with Crippen molar-refractivity contribution >= 4 is 20.9 Å². The molecule has 1 atom stereocenters. The molecule has 1 unspecified atom stereocenters. The number of sulfonamides is 1. The minimum atomic E-state index is -3.68. The van der Waals surface area contributed by atoms with Gasteiger partial charge >= 0.3 is 0 Å². The van der Waals surface area contributed by atoms with E-state index in [1.165, 1.54) is 23.0 Å². The highest BCUT2D eigenvalue weighted by Crippen LogP contribution is 2.42. The Hall–Kier alpha value is -3.82. The Morgan fingerprint density at radius 2 is 1.76 bits per heavy atom. The second-order valence-corrected chi connectivity index (χ2v) is 12.1. The molecule has 6 rings (SSSR count). The predicted molar refractivity (Wildman–Crippen MR) is 144 cm³/mol. The molecule has 0 bridgehead atoms. The summed E-state index contributed by atoms with van der Waals surface area (Å²) in [7, 11) is -1.96. The molecule has 1 fully saturated rings. The van der Waals surface area contributed by atoms with Crippen molar-refractivity contribution in [2.24, 2.45) is 7.05 Å². The number of rotatable bonds is 6. The van der Waals surface area contributed by atoms with Gasteiger partial charge in [-0.2, -0.15) is 14.5 Å². The highest BCUT2D eigenvalue weighted by molar-refractivity contribution is 7.89. The Kier molecular flexibility index (Phi) is 5.92. The number of nitrogens with zero attached hydrogens (tertiary/aromatic N) is 5. The van der Waals surface area contributed by atoms with Crippen LogP contribution in [0.3, 0.4) is 0 Å². The Balaban J connectivity index is 1.44. The average Bonchev–Trinajstić information content (AvgIpc) is 3.64. The standard InChI is InChI=1S/C29H28FN5O2S/c1-21-14-28-23(17-32-35(28)25-10-8-24(30)9-11-25)15-27(21)29(16-22-6-4-3-5-7-22)12-13-34(20-29)38(36,37)26-18-31-33(2)19-26/h3-11,14-15,17-19H,12-13,16,20H2,1-2H3. The number of hydrogen-bond acceptors (Lipinski definition) is 4. The lowest BCUT2D eigenvalue weighted by Crippen LogP contribution is -2.36. The van der Waals surface area contributed by atoms with Gasteiger partial charge in [0.2, 0.25) is 10.0 Å². The van der Waals surface area contributed by atoms with E-state index in [9.17, 15) is 12.8 Å². The topological polar surface area (TPSA) is 73.0 Å². The van der Waals surface area contributed by atoms with Crippen molar-refractivity contribution in [3.8, 4) is 5.69 Å². The zero-order valence-electron chi connectivity index (χ0n) is 21.3. The lowest BCUT2D eigenvalue weighted by Gasteiger charge is -2.32. The summed E-state index contributed by atoms with van der Waals surface area (Å²) in [6, 6.07) is 20.7. The van der Waals surface area contributed by atoms with E-state index in [4.69, 9.17) is 0 Å². The van der Waals surface area contributed by atoms with E-state index in [1.54, 1.807) is 29.7 Å². The highest BCUT2D eigenvalue weighted by atomic mass is 32.2. The van der Waals surface area contributed by atoms with Crippen LogP contribution in [0.1, 0.15) is 23.1 Å². The van der Waals surface area contributed by atoms with Gasteiger partial charge in [0.15, 0.2) is 0 Å². The summed E-state index contributed by atoms with van der Waals surface area (Å²) in [4.78, 5) is 0.211. The van der Waals surface area contributed by atoms with Crippen LogP contribution in [0, 0.1) is 12.7 Å². The SMILES string of the molecule is Cc1cc2c(cnn2-c2ccc(F)cc2)cc1C1(Cc2ccccc2)CCN(S(=O)(=O)c2cnn(C)c2)C1. The first kappa shape index (κ1) is 24.5. The summed E-state index contributed by atoms with van der Waals surface area (Å²) in [5.41, 5.74) is 4.64. The molecule has 9 heteroatoms. The minimum absolute atomic E-state index is 0.211. The van der Waals surface area contributed by atoms with Gasteiger partial charge in [0.25, 0.3) is 0 Å². The van der Waals surface area contributed by atoms with Gasteiger partial charge < -0.3 is 0 Å². The van der Waals surface area contributed by atoms with E-state index in [0.717, 1.165) is 33.3 Å². The van der Waals surface area contributed by atoms with Crippen LogP contribution < -0.4 is 0 Å². The van der Waals surface area contributed by atoms with Gasteiger partial charge in [-0.3, -0.25) is 4.68 Å². The van der Waals surface area contributed by atoms with Crippen LogP contribution in [-0.2, 0) is 28.9 Å². The van der Waals surface area contributed by atoms with Crippen molar-refractivity contribution in [1.82, 2.24) is 23.9 Å². The Labute approximate surface area is 221 Å². The third kappa shape index (κ3) is 4.21. The number of benzene rings is 3. The zero-order chi connectivity index (χ0) is 26.5. The van der Waals surface area contributed by atoms with Crippen molar-refractivity contribution in [3.05, 3.63) is 108 Å². The Morgan fingerprint density at radius 3 is 2.47 bits per heavy atom. The van der Waals surface area contributed by atoms with Crippen LogP contribution in [0.2, 0.25) is 0 Å². The first-order valence-electron chi connectivity index (χ1n) is 12.5. The maximum absolute atomic E-state index is 13.5. The molecule has 0 N–H and O–H groups in total. The summed E-state index contributed by atoms with van der Waals surface area (Å²) < 4.78 is 45.5. The first-order chi connectivity index (χ1) is 18.2. The molecule has 3 heterocycles. The number of aromatic nitrogens is 4. The molecular formula is C29H28FN5O2S. The molecule has 0 radical (unpaired) electrons. The fourth-order valence-corrected chi connectivity index (χ4v) is 7.22. The van der Waals surface area contributed by atoms with Crippen LogP contribution in [0.5, 0.6) is 0 Å². The third-order valence-corrected chi connectivity index (χ3v) is 9.38. The molecule has 7 nitrogen and oxygen atoms in total. The van der Waals surface area contributed by atoms with Gasteiger partial charge in [-0.1, -0.05) is 30.3 Å². The van der Waals surface area contributed by atoms with Gasteiger partial charge in [-0.05, 0) is 72.9 Å². The number of hydrogen-bond donors (Lipinski definition) is 0. The molecule has 194 valence electrons. The first-order valence-corrected chi connectivity index (χ1v) is 14.0. The molecule has 3 aromatic carbocycles. The van der Waals surface area contributed by atoms with Crippen LogP contribution >= 0.6 is 0 Å². The second-order valence-electron chi connectivity index (χ2n) is 10.1. The molecule has 1 aliphatic heterocycles. The second kappa shape index (κ2) is 9.18. The van der Waals surface area contributed by atoms with Crippen molar-refractivity contribution in [2.75, 3.05) is 13.1 Å². The number of fused-ring (bicyclic) bond motifs is 1. The largest absolute Gasteiger partial charge is 0.274 e. The Morgan fingerprint density at radius 1 is 1.00 bits per heavy atom. The van der Waals surface area contributed by atoms with E-state index in [-0.39, 0.29) is 10.7 Å². The molecule has 0 spiro atoms. The van der Waals surface area contributed by atoms with Crippen molar-refractivity contribution < 1.29 is 12.8 Å². The van der Waals surface area contributed by atoms with Crippen LogP contribution in [0.15, 0.2) is 90.2 Å². The van der Waals surface area contributed by atoms with Gasteiger partial charge in [0.05, 0.1) is 23.6 Å². The van der Waals surface area contributed by atoms with Crippen LogP contribution in [-0.4, -0.2) is 45.4 Å². The monoisotopic (exact) mass is 529 g/mol. The normalized spacial score (nSPS) is 18.4. The van der Waals surface area contributed by atoms with E-state index >= 15 is 0 Å². The average molecular weight is 530 g/mol. The predicted octanol–water partition coefficient (Wildman–Crippen LogP) is 4.78. The summed E-state index contributed by atoms with van der Waals surface area (Å²) in [6.07, 6.45) is 6.18. The van der Waals surface area contributed by atoms with E-state index in [1.807, 2.05) is 29.1 Å². The Bertz CT molecular complexity index is 1730. The van der Waals surface area contributed by atoms with Crippen molar-refractivity contribution in [3.63, 3.8) is 0 Å². The lowest BCUT2D eigenvalue weighted by atomic mass is 9.73. The minimum Gasteiger partial charge on any atom is -0.274 e. The van der Waals surface area contributed by atoms with E-state index in [2.05, 4.69) is 41.4 Å². The van der Waals surface area contributed by atoms with Gasteiger partial charge in [-0.15, -0.1) is 0 Å². The molecular weight excluding hydrogens is 501 g/mol. The van der Waals surface area contributed by atoms with Crippen LogP contribution in [0.4, 0.5) is 4.39 Å². The number of halogens is 1. The van der Waals surface area contributed by atoms with Gasteiger partial charge in [0.1, 0.15) is 10.7 Å². The molecule has 1 aliphatic rings. The third-order valence-electron chi connectivity index (χ3n) is 7.58. The smallest absolute Gasteiger partial charge is 0.246 e. The molecule has 5 aromatic rings. The molecule has 1 saturated heterocycles.